The number of rotatable bonds is 9. The number of carbonyl (C=O) groups is 5. The van der Waals surface area contributed by atoms with E-state index in [-0.39, 0.29) is 46.8 Å². The fraction of sp³-hybridized carbons (Fsp3) is 0.429. The van der Waals surface area contributed by atoms with E-state index in [1.54, 1.807) is 33.9 Å². The lowest BCUT2D eigenvalue weighted by Gasteiger charge is -2.39. The zero-order valence-corrected chi connectivity index (χ0v) is 34.5. The molecule has 4 aliphatic rings. The molecule has 3 fully saturated rings. The zero-order chi connectivity index (χ0) is 42.4. The fourth-order valence-corrected chi connectivity index (χ4v) is 9.24. The van der Waals surface area contributed by atoms with Crippen LogP contribution in [0.4, 0.5) is 21.9 Å². The van der Waals surface area contributed by atoms with Crippen LogP contribution in [0.25, 0.3) is 17.2 Å². The molecule has 316 valence electrons. The number of nitrogens with one attached hydrogen (secondary N) is 3. The summed E-state index contributed by atoms with van der Waals surface area (Å²) in [5.41, 5.74) is 5.18. The van der Waals surface area contributed by atoms with Crippen molar-refractivity contribution in [1.82, 2.24) is 44.8 Å². The molecule has 3 aliphatic heterocycles. The van der Waals surface area contributed by atoms with Gasteiger partial charge in [-0.25, -0.2) is 19.3 Å². The number of pyridine rings is 1. The summed E-state index contributed by atoms with van der Waals surface area (Å²) in [6.07, 6.45) is 9.18. The zero-order valence-electron chi connectivity index (χ0n) is 33.8. The Morgan fingerprint density at radius 2 is 1.77 bits per heavy atom. The number of hydrogen-bond acceptors (Lipinski definition) is 12. The highest BCUT2D eigenvalue weighted by molar-refractivity contribution is 6.33. The molecule has 1 aromatic carbocycles. The Labute approximate surface area is 355 Å². The quantitative estimate of drug-likeness (QED) is 0.166. The van der Waals surface area contributed by atoms with Gasteiger partial charge in [-0.05, 0) is 73.8 Å². The second-order valence-electron chi connectivity index (χ2n) is 16.4. The SMILES string of the molecule is CC(C)c1c(NC(=O)Nc2cnc(-c3noc(C[C@H]4CC[C@H](C(=O)N5CCN(c6ccc7c(c6)CN(C6CCC(=O)NC6=O)C7=O)CC5)CC4)n3)c(Cl)c2)cnc2ccnn12. The Balaban J connectivity index is 0.733. The summed E-state index contributed by atoms with van der Waals surface area (Å²) >= 11 is 6.59. The average Bonchev–Trinajstić information content (AvgIpc) is 4.00. The van der Waals surface area contributed by atoms with Crippen LogP contribution in [0.3, 0.4) is 0 Å². The molecule has 2 saturated heterocycles. The predicted octanol–water partition coefficient (Wildman–Crippen LogP) is 5.05. The van der Waals surface area contributed by atoms with Gasteiger partial charge in [0.05, 0.1) is 40.7 Å². The summed E-state index contributed by atoms with van der Waals surface area (Å²) in [6.45, 7) is 6.94. The van der Waals surface area contributed by atoms with Crippen LogP contribution in [-0.2, 0) is 27.3 Å². The number of aromatic nitrogens is 6. The number of nitrogens with zero attached hydrogens (tertiary/aromatic N) is 9. The van der Waals surface area contributed by atoms with Crippen LogP contribution in [-0.4, -0.2) is 101 Å². The lowest BCUT2D eigenvalue weighted by atomic mass is 9.80. The summed E-state index contributed by atoms with van der Waals surface area (Å²) in [5, 5.41) is 16.7. The molecule has 1 unspecified atom stereocenters. The number of halogens is 1. The molecule has 7 heterocycles. The van der Waals surface area contributed by atoms with Crippen LogP contribution in [0, 0.1) is 11.8 Å². The van der Waals surface area contributed by atoms with E-state index in [1.165, 1.54) is 6.20 Å². The highest BCUT2D eigenvalue weighted by Crippen LogP contribution is 2.35. The number of imide groups is 1. The molecular weight excluding hydrogens is 804 g/mol. The second kappa shape index (κ2) is 16.6. The lowest BCUT2D eigenvalue weighted by molar-refractivity contribution is -0.138. The van der Waals surface area contributed by atoms with Gasteiger partial charge < -0.3 is 29.9 Å². The van der Waals surface area contributed by atoms with Gasteiger partial charge in [-0.2, -0.15) is 10.1 Å². The third-order valence-electron chi connectivity index (χ3n) is 12.1. The van der Waals surface area contributed by atoms with E-state index in [0.717, 1.165) is 42.6 Å². The van der Waals surface area contributed by atoms with Gasteiger partial charge >= 0.3 is 6.03 Å². The Bertz CT molecular complexity index is 2540. The second-order valence-corrected chi connectivity index (χ2v) is 16.8. The number of carbonyl (C=O) groups excluding carboxylic acids is 5. The van der Waals surface area contributed by atoms with E-state index in [4.69, 9.17) is 16.1 Å². The molecule has 1 saturated carbocycles. The summed E-state index contributed by atoms with van der Waals surface area (Å²) < 4.78 is 7.31. The predicted molar refractivity (Wildman–Crippen MR) is 223 cm³/mol. The maximum Gasteiger partial charge on any atom is 0.323 e. The summed E-state index contributed by atoms with van der Waals surface area (Å²) in [7, 11) is 0. The van der Waals surface area contributed by atoms with Crippen molar-refractivity contribution in [2.24, 2.45) is 11.8 Å². The molecular formula is C42H45ClN12O6. The smallest absolute Gasteiger partial charge is 0.323 e. The van der Waals surface area contributed by atoms with Gasteiger partial charge in [0.2, 0.25) is 29.4 Å². The lowest BCUT2D eigenvalue weighted by Crippen LogP contribution is -2.52. The third-order valence-corrected chi connectivity index (χ3v) is 12.4. The summed E-state index contributed by atoms with van der Waals surface area (Å²) in [6, 6.07) is 8.00. The Hall–Kier alpha value is -6.43. The van der Waals surface area contributed by atoms with E-state index in [9.17, 15) is 24.0 Å². The highest BCUT2D eigenvalue weighted by atomic mass is 35.5. The summed E-state index contributed by atoms with van der Waals surface area (Å²) in [5.74, 6) is 0.335. The van der Waals surface area contributed by atoms with Crippen molar-refractivity contribution >= 4 is 64.0 Å². The minimum Gasteiger partial charge on any atom is -0.368 e. The van der Waals surface area contributed by atoms with Crippen LogP contribution in [0.2, 0.25) is 5.02 Å². The van der Waals surface area contributed by atoms with Gasteiger partial charge in [0.15, 0.2) is 5.65 Å². The van der Waals surface area contributed by atoms with Crippen molar-refractivity contribution in [2.75, 3.05) is 41.7 Å². The minimum atomic E-state index is -0.647. The van der Waals surface area contributed by atoms with E-state index in [0.29, 0.717) is 85.7 Å². The Kier molecular flexibility index (Phi) is 10.9. The molecule has 19 heteroatoms. The number of urea groups is 1. The molecule has 6 amide bonds. The van der Waals surface area contributed by atoms with Crippen LogP contribution < -0.4 is 20.9 Å². The van der Waals surface area contributed by atoms with E-state index in [2.05, 4.69) is 46.1 Å². The first-order chi connectivity index (χ1) is 29.5. The number of fused-ring (bicyclic) bond motifs is 2. The molecule has 61 heavy (non-hydrogen) atoms. The standard InChI is InChI=1S/C42H45ClN12O6/c1-23(2)37-31(21-44-33-11-12-46-55(33)37)48-42(60)47-27-19-30(43)36(45-20-27)38-50-35(61-51-38)17-24-3-5-25(6-4-24)40(58)53-15-13-52(14-16-53)28-7-8-29-26(18-28)22-54(41(29)59)32-9-10-34(56)49-39(32)57/h7-8,11-12,18-21,23-25,32H,3-6,9-10,13-17,22H2,1-2H3,(H2,47,48,60)(H,49,56,57)/t24-,25-,32?. The van der Waals surface area contributed by atoms with Crippen molar-refractivity contribution in [3.8, 4) is 11.5 Å². The van der Waals surface area contributed by atoms with Crippen molar-refractivity contribution in [3.05, 3.63) is 76.7 Å². The van der Waals surface area contributed by atoms with Gasteiger partial charge in [0.25, 0.3) is 5.91 Å². The topological polar surface area (TPSA) is 213 Å². The molecule has 0 spiro atoms. The number of piperazine rings is 1. The van der Waals surface area contributed by atoms with E-state index >= 15 is 0 Å². The van der Waals surface area contributed by atoms with Crippen molar-refractivity contribution < 1.29 is 28.5 Å². The van der Waals surface area contributed by atoms with Crippen LogP contribution >= 0.6 is 11.6 Å². The van der Waals surface area contributed by atoms with Crippen LogP contribution in [0.5, 0.6) is 0 Å². The third kappa shape index (κ3) is 8.11. The monoisotopic (exact) mass is 848 g/mol. The van der Waals surface area contributed by atoms with Gasteiger partial charge in [0.1, 0.15) is 11.7 Å². The molecule has 18 nitrogen and oxygen atoms in total. The first kappa shape index (κ1) is 40.0. The largest absolute Gasteiger partial charge is 0.368 e. The van der Waals surface area contributed by atoms with Crippen molar-refractivity contribution in [2.45, 2.75) is 77.3 Å². The normalized spacial score (nSPS) is 20.6. The highest BCUT2D eigenvalue weighted by Gasteiger charge is 2.39. The molecule has 3 N–H and O–H groups in total. The molecule has 9 rings (SSSR count). The number of anilines is 3. The van der Waals surface area contributed by atoms with E-state index < -0.39 is 18.0 Å². The molecule has 0 bridgehead atoms. The number of hydrogen-bond donors (Lipinski definition) is 3. The molecule has 1 aliphatic carbocycles. The van der Waals surface area contributed by atoms with Crippen molar-refractivity contribution in [3.63, 3.8) is 0 Å². The molecule has 1 atom stereocenters. The number of piperidine rings is 1. The van der Waals surface area contributed by atoms with Gasteiger partial charge in [-0.1, -0.05) is 30.6 Å². The van der Waals surface area contributed by atoms with Gasteiger partial charge in [-0.3, -0.25) is 24.5 Å². The van der Waals surface area contributed by atoms with Crippen LogP contribution in [0.1, 0.15) is 85.8 Å². The van der Waals surface area contributed by atoms with Crippen molar-refractivity contribution in [1.29, 1.82) is 0 Å². The van der Waals surface area contributed by atoms with Crippen LogP contribution in [0.15, 0.2) is 53.4 Å². The van der Waals surface area contributed by atoms with Gasteiger partial charge in [0, 0.05) is 68.8 Å². The average molecular weight is 849 g/mol. The molecule has 5 aromatic rings. The molecule has 4 aromatic heterocycles. The number of benzene rings is 1. The van der Waals surface area contributed by atoms with E-state index in [1.807, 2.05) is 36.9 Å². The first-order valence-electron chi connectivity index (χ1n) is 20.7. The fourth-order valence-electron chi connectivity index (χ4n) is 8.99. The number of amides is 6. The van der Waals surface area contributed by atoms with Gasteiger partial charge in [-0.15, -0.1) is 0 Å². The Morgan fingerprint density at radius 3 is 2.52 bits per heavy atom. The Morgan fingerprint density at radius 1 is 0.967 bits per heavy atom. The maximum absolute atomic E-state index is 13.6. The molecule has 0 radical (unpaired) electrons. The maximum atomic E-state index is 13.6. The minimum absolute atomic E-state index is 0.0310. The summed E-state index contributed by atoms with van der Waals surface area (Å²) in [4.78, 5) is 82.9. The first-order valence-corrected chi connectivity index (χ1v) is 21.1.